The van der Waals surface area contributed by atoms with Crippen LogP contribution < -0.4 is 10.6 Å². The van der Waals surface area contributed by atoms with Crippen LogP contribution in [0.25, 0.3) is 0 Å². The van der Waals surface area contributed by atoms with Crippen LogP contribution in [-0.4, -0.2) is 35.5 Å². The Bertz CT molecular complexity index is 584. The van der Waals surface area contributed by atoms with E-state index in [1.807, 2.05) is 32.9 Å². The zero-order valence-electron chi connectivity index (χ0n) is 14.5. The summed E-state index contributed by atoms with van der Waals surface area (Å²) in [4.78, 5) is 35.1. The first-order chi connectivity index (χ1) is 11.3. The van der Waals surface area contributed by atoms with Crippen LogP contribution in [0.5, 0.6) is 0 Å². The lowest BCUT2D eigenvalue weighted by Crippen LogP contribution is -2.50. The molecule has 3 N–H and O–H groups in total. The molecule has 0 saturated heterocycles. The molecular formula is C18H26N2O4. The number of unbranched alkanes of at least 4 members (excludes halogenated alkanes) is 1. The third-order valence-electron chi connectivity index (χ3n) is 3.74. The summed E-state index contributed by atoms with van der Waals surface area (Å²) in [6.07, 6.45) is 1.19. The van der Waals surface area contributed by atoms with Crippen molar-refractivity contribution in [2.24, 2.45) is 5.92 Å². The molecule has 132 valence electrons. The van der Waals surface area contributed by atoms with Gasteiger partial charge in [0.15, 0.2) is 0 Å². The molecule has 2 amide bonds. The fraction of sp³-hybridized carbons (Fsp3) is 0.500. The molecule has 0 aliphatic heterocycles. The zero-order chi connectivity index (χ0) is 18.1. The molecule has 0 spiro atoms. The predicted octanol–water partition coefficient (Wildman–Crippen LogP) is 2.12. The maximum absolute atomic E-state index is 12.4. The van der Waals surface area contributed by atoms with Crippen molar-refractivity contribution >= 4 is 17.8 Å². The van der Waals surface area contributed by atoms with Crippen molar-refractivity contribution in [1.29, 1.82) is 0 Å². The largest absolute Gasteiger partial charge is 0.481 e. The first kappa shape index (κ1) is 19.7. The van der Waals surface area contributed by atoms with Gasteiger partial charge in [0.25, 0.3) is 5.91 Å². The van der Waals surface area contributed by atoms with Gasteiger partial charge in [0, 0.05) is 18.5 Å². The Balaban J connectivity index is 2.57. The molecule has 0 aromatic heterocycles. The molecule has 0 aliphatic carbocycles. The average molecular weight is 334 g/mol. The van der Waals surface area contributed by atoms with Crippen LogP contribution in [0.2, 0.25) is 0 Å². The number of aliphatic carboxylic acids is 1. The maximum Gasteiger partial charge on any atom is 0.303 e. The Morgan fingerprint density at radius 1 is 1.12 bits per heavy atom. The van der Waals surface area contributed by atoms with Crippen molar-refractivity contribution in [1.82, 2.24) is 10.6 Å². The molecule has 1 aromatic carbocycles. The van der Waals surface area contributed by atoms with E-state index in [4.69, 9.17) is 5.11 Å². The van der Waals surface area contributed by atoms with Gasteiger partial charge >= 0.3 is 5.97 Å². The van der Waals surface area contributed by atoms with Gasteiger partial charge in [-0.2, -0.15) is 0 Å². The Kier molecular flexibility index (Phi) is 7.95. The Hall–Kier alpha value is -2.37. The van der Waals surface area contributed by atoms with Gasteiger partial charge in [0.1, 0.15) is 6.04 Å². The van der Waals surface area contributed by atoms with Gasteiger partial charge < -0.3 is 15.7 Å². The van der Waals surface area contributed by atoms with Crippen molar-refractivity contribution in [2.45, 2.75) is 46.1 Å². The summed E-state index contributed by atoms with van der Waals surface area (Å²) >= 11 is 0. The molecule has 1 atom stereocenters. The molecule has 6 heteroatoms. The molecule has 0 heterocycles. The number of carbonyl (C=O) groups is 3. The Labute approximate surface area is 142 Å². The van der Waals surface area contributed by atoms with Crippen molar-refractivity contribution < 1.29 is 19.5 Å². The number of hydrogen-bond donors (Lipinski definition) is 3. The molecule has 0 radical (unpaired) electrons. The molecule has 1 rings (SSSR count). The normalized spacial score (nSPS) is 11.8. The summed E-state index contributed by atoms with van der Waals surface area (Å²) < 4.78 is 0. The first-order valence-electron chi connectivity index (χ1n) is 8.19. The molecule has 0 saturated carbocycles. The highest BCUT2D eigenvalue weighted by Crippen LogP contribution is 2.09. The topological polar surface area (TPSA) is 95.5 Å². The Morgan fingerprint density at radius 2 is 1.79 bits per heavy atom. The predicted molar refractivity (Wildman–Crippen MR) is 91.8 cm³/mol. The van der Waals surface area contributed by atoms with E-state index < -0.39 is 12.0 Å². The average Bonchev–Trinajstić information content (AvgIpc) is 2.51. The summed E-state index contributed by atoms with van der Waals surface area (Å²) in [6, 6.07) is 6.59. The second-order valence-corrected chi connectivity index (χ2v) is 6.15. The summed E-state index contributed by atoms with van der Waals surface area (Å²) in [6.45, 7) is 5.98. The molecule has 24 heavy (non-hydrogen) atoms. The van der Waals surface area contributed by atoms with E-state index in [9.17, 15) is 14.4 Å². The number of carbonyl (C=O) groups excluding carboxylic acids is 2. The molecule has 1 aromatic rings. The fourth-order valence-electron chi connectivity index (χ4n) is 2.30. The highest BCUT2D eigenvalue weighted by atomic mass is 16.4. The lowest BCUT2D eigenvalue weighted by Gasteiger charge is -2.22. The number of carboxylic acid groups (broad SMARTS) is 1. The van der Waals surface area contributed by atoms with Crippen LogP contribution in [0.4, 0.5) is 0 Å². The van der Waals surface area contributed by atoms with Gasteiger partial charge in [-0.3, -0.25) is 14.4 Å². The summed E-state index contributed by atoms with van der Waals surface area (Å²) in [7, 11) is 0. The van der Waals surface area contributed by atoms with E-state index in [-0.39, 0.29) is 24.2 Å². The van der Waals surface area contributed by atoms with E-state index in [2.05, 4.69) is 10.6 Å². The van der Waals surface area contributed by atoms with Crippen LogP contribution in [0, 0.1) is 12.8 Å². The van der Waals surface area contributed by atoms with E-state index >= 15 is 0 Å². The van der Waals surface area contributed by atoms with E-state index in [1.165, 1.54) is 0 Å². The maximum atomic E-state index is 12.4. The molecule has 0 fully saturated rings. The second kappa shape index (κ2) is 9.70. The third-order valence-corrected chi connectivity index (χ3v) is 3.74. The zero-order valence-corrected chi connectivity index (χ0v) is 14.5. The third kappa shape index (κ3) is 6.40. The van der Waals surface area contributed by atoms with E-state index in [1.54, 1.807) is 12.1 Å². The van der Waals surface area contributed by atoms with E-state index in [0.29, 0.717) is 24.9 Å². The first-order valence-corrected chi connectivity index (χ1v) is 8.19. The van der Waals surface area contributed by atoms with Crippen LogP contribution in [0.15, 0.2) is 24.3 Å². The van der Waals surface area contributed by atoms with Crippen molar-refractivity contribution in [3.63, 3.8) is 0 Å². The lowest BCUT2D eigenvalue weighted by molar-refractivity contribution is -0.137. The Morgan fingerprint density at radius 3 is 2.38 bits per heavy atom. The van der Waals surface area contributed by atoms with Gasteiger partial charge in [-0.1, -0.05) is 32.0 Å². The molecule has 0 bridgehead atoms. The lowest BCUT2D eigenvalue weighted by atomic mass is 10.0. The van der Waals surface area contributed by atoms with Crippen molar-refractivity contribution in [3.05, 3.63) is 35.4 Å². The molecule has 6 nitrogen and oxygen atoms in total. The number of hydrogen-bond acceptors (Lipinski definition) is 3. The monoisotopic (exact) mass is 334 g/mol. The smallest absolute Gasteiger partial charge is 0.303 e. The second-order valence-electron chi connectivity index (χ2n) is 6.15. The number of carboxylic acids is 1. The van der Waals surface area contributed by atoms with Gasteiger partial charge in [-0.25, -0.2) is 0 Å². The highest BCUT2D eigenvalue weighted by Gasteiger charge is 2.24. The van der Waals surface area contributed by atoms with Gasteiger partial charge in [0.2, 0.25) is 5.91 Å². The van der Waals surface area contributed by atoms with Gasteiger partial charge in [-0.15, -0.1) is 0 Å². The number of aryl methyl sites for hydroxylation is 1. The van der Waals surface area contributed by atoms with Crippen molar-refractivity contribution in [2.75, 3.05) is 6.54 Å². The van der Waals surface area contributed by atoms with Gasteiger partial charge in [-0.05, 0) is 37.3 Å². The summed E-state index contributed by atoms with van der Waals surface area (Å²) in [5.74, 6) is -1.42. The minimum atomic E-state index is -0.841. The minimum Gasteiger partial charge on any atom is -0.481 e. The van der Waals surface area contributed by atoms with Crippen LogP contribution in [0.3, 0.4) is 0 Å². The minimum absolute atomic E-state index is 0.0583. The van der Waals surface area contributed by atoms with Gasteiger partial charge in [0.05, 0.1) is 0 Å². The van der Waals surface area contributed by atoms with Crippen LogP contribution >= 0.6 is 0 Å². The number of benzene rings is 1. The number of amides is 2. The van der Waals surface area contributed by atoms with E-state index in [0.717, 1.165) is 5.56 Å². The summed E-state index contributed by atoms with van der Waals surface area (Å²) in [5, 5.41) is 14.1. The van der Waals surface area contributed by atoms with Crippen LogP contribution in [-0.2, 0) is 9.59 Å². The molecular weight excluding hydrogens is 308 g/mol. The molecule has 0 aliphatic rings. The van der Waals surface area contributed by atoms with Crippen molar-refractivity contribution in [3.8, 4) is 0 Å². The number of nitrogens with one attached hydrogen (secondary N) is 2. The van der Waals surface area contributed by atoms with Crippen LogP contribution in [0.1, 0.15) is 49.0 Å². The SMILES string of the molecule is Cc1ccccc1C(=O)NC(C(=O)NCCCCC(=O)O)C(C)C. The fourth-order valence-corrected chi connectivity index (χ4v) is 2.30. The highest BCUT2D eigenvalue weighted by molar-refractivity contribution is 5.98. The summed E-state index contributed by atoms with van der Waals surface area (Å²) in [5.41, 5.74) is 1.41. The molecule has 1 unspecified atom stereocenters. The standard InChI is InChI=1S/C18H26N2O4/c1-12(2)16(18(24)19-11-7-6-10-15(21)22)20-17(23)14-9-5-4-8-13(14)3/h4-5,8-9,12,16H,6-7,10-11H2,1-3H3,(H,19,24)(H,20,23)(H,21,22). The number of rotatable bonds is 9. The quantitative estimate of drug-likeness (QED) is 0.603.